The van der Waals surface area contributed by atoms with Crippen LogP contribution in [0.4, 0.5) is 17.6 Å². The van der Waals surface area contributed by atoms with Crippen molar-refractivity contribution in [2.75, 3.05) is 7.11 Å². The quantitative estimate of drug-likeness (QED) is 0.569. The van der Waals surface area contributed by atoms with E-state index < -0.39 is 17.6 Å². The second-order valence-corrected chi connectivity index (χ2v) is 3.63. The molecule has 1 nitrogen and oxygen atoms in total. The van der Waals surface area contributed by atoms with E-state index in [4.69, 9.17) is 0 Å². The number of methoxy groups -OCH3 is 1. The smallest absolute Gasteiger partial charge is 0.416 e. The molecule has 6 heteroatoms. The molecule has 0 unspecified atom stereocenters. The van der Waals surface area contributed by atoms with Crippen LogP contribution in [0.5, 0.6) is 5.75 Å². The van der Waals surface area contributed by atoms with E-state index in [9.17, 15) is 17.6 Å². The minimum Gasteiger partial charge on any atom is -0.493 e. The molecule has 0 aromatic heterocycles. The summed E-state index contributed by atoms with van der Waals surface area (Å²) in [5, 5.41) is 0. The zero-order chi connectivity index (χ0) is 10.9. The third kappa shape index (κ3) is 2.28. The third-order valence-corrected chi connectivity index (χ3v) is 2.33. The van der Waals surface area contributed by atoms with E-state index in [0.29, 0.717) is 6.07 Å². The lowest BCUT2D eigenvalue weighted by atomic mass is 10.2. The van der Waals surface area contributed by atoms with Gasteiger partial charge in [0.2, 0.25) is 0 Å². The van der Waals surface area contributed by atoms with Crippen molar-refractivity contribution in [3.8, 4) is 5.75 Å². The summed E-state index contributed by atoms with van der Waals surface area (Å²) in [6.07, 6.45) is -4.53. The molecule has 0 N–H and O–H groups in total. The third-order valence-electron chi connectivity index (χ3n) is 1.53. The minimum absolute atomic E-state index is 0.0948. The van der Waals surface area contributed by atoms with Crippen molar-refractivity contribution >= 4 is 22.6 Å². The van der Waals surface area contributed by atoms with Crippen LogP contribution in [-0.2, 0) is 6.18 Å². The van der Waals surface area contributed by atoms with Crippen LogP contribution in [0, 0.1) is 9.39 Å². The van der Waals surface area contributed by atoms with Crippen molar-refractivity contribution in [1.82, 2.24) is 0 Å². The molecule has 14 heavy (non-hydrogen) atoms. The van der Waals surface area contributed by atoms with Gasteiger partial charge in [-0.15, -0.1) is 0 Å². The molecule has 0 spiro atoms. The molecule has 0 radical (unpaired) electrons. The summed E-state index contributed by atoms with van der Waals surface area (Å²) in [6.45, 7) is 0. The Morgan fingerprint density at radius 1 is 1.29 bits per heavy atom. The Kier molecular flexibility index (Phi) is 3.23. The minimum atomic E-state index is -4.53. The molecule has 0 bridgehead atoms. The van der Waals surface area contributed by atoms with E-state index in [2.05, 4.69) is 4.74 Å². The largest absolute Gasteiger partial charge is 0.493 e. The molecular weight excluding hydrogens is 315 g/mol. The second kappa shape index (κ2) is 3.92. The van der Waals surface area contributed by atoms with Gasteiger partial charge in [0.15, 0.2) is 11.6 Å². The van der Waals surface area contributed by atoms with Gasteiger partial charge in [-0.3, -0.25) is 0 Å². The molecule has 78 valence electrons. The monoisotopic (exact) mass is 320 g/mol. The van der Waals surface area contributed by atoms with Gasteiger partial charge in [-0.25, -0.2) is 4.39 Å². The molecule has 0 amide bonds. The van der Waals surface area contributed by atoms with Crippen LogP contribution < -0.4 is 4.74 Å². The predicted octanol–water partition coefficient (Wildman–Crippen LogP) is 3.46. The van der Waals surface area contributed by atoms with Crippen LogP contribution in [0.15, 0.2) is 12.1 Å². The Balaban J connectivity index is 3.28. The number of rotatable bonds is 1. The summed E-state index contributed by atoms with van der Waals surface area (Å²) in [5.41, 5.74) is -1.01. The maximum Gasteiger partial charge on any atom is 0.416 e. The standard InChI is InChI=1S/C8H5F4IO/c1-14-7-5(9)2-4(3-6(7)13)8(10,11)12/h2-3H,1H3. The number of hydrogen-bond donors (Lipinski definition) is 0. The molecule has 0 aliphatic carbocycles. The molecule has 0 atom stereocenters. The molecule has 0 saturated heterocycles. The van der Waals surface area contributed by atoms with Gasteiger partial charge in [0.25, 0.3) is 0 Å². The molecular formula is C8H5F4IO. The van der Waals surface area contributed by atoms with Crippen molar-refractivity contribution in [2.45, 2.75) is 6.18 Å². The van der Waals surface area contributed by atoms with Gasteiger partial charge in [-0.1, -0.05) is 0 Å². The number of ether oxygens (including phenoxy) is 1. The maximum absolute atomic E-state index is 13.0. The highest BCUT2D eigenvalue weighted by Gasteiger charge is 2.32. The lowest BCUT2D eigenvalue weighted by Gasteiger charge is -2.10. The molecule has 0 aliphatic rings. The number of alkyl halides is 3. The normalized spacial score (nSPS) is 11.6. The molecule has 1 aromatic carbocycles. The molecule has 0 heterocycles. The Hall–Kier alpha value is -0.530. The highest BCUT2D eigenvalue weighted by molar-refractivity contribution is 14.1. The summed E-state index contributed by atoms with van der Waals surface area (Å²) in [5.74, 6) is -1.18. The highest BCUT2D eigenvalue weighted by atomic mass is 127. The van der Waals surface area contributed by atoms with Crippen LogP contribution in [-0.4, -0.2) is 7.11 Å². The van der Waals surface area contributed by atoms with Crippen LogP contribution in [0.25, 0.3) is 0 Å². The van der Waals surface area contributed by atoms with Crippen LogP contribution in [0.2, 0.25) is 0 Å². The summed E-state index contributed by atoms with van der Waals surface area (Å²) in [6, 6.07) is 1.25. The zero-order valence-corrected chi connectivity index (χ0v) is 9.11. The molecule has 1 aromatic rings. The van der Waals surface area contributed by atoms with E-state index in [1.54, 1.807) is 22.6 Å². The van der Waals surface area contributed by atoms with Crippen molar-refractivity contribution in [2.24, 2.45) is 0 Å². The van der Waals surface area contributed by atoms with Gasteiger partial charge in [0.05, 0.1) is 16.2 Å². The Labute approximate surface area is 91.2 Å². The summed E-state index contributed by atoms with van der Waals surface area (Å²) >= 11 is 1.59. The summed E-state index contributed by atoms with van der Waals surface area (Å²) in [7, 11) is 1.20. The average Bonchev–Trinajstić information content (AvgIpc) is 2.01. The van der Waals surface area contributed by atoms with Crippen LogP contribution in [0.1, 0.15) is 5.56 Å². The van der Waals surface area contributed by atoms with Crippen LogP contribution >= 0.6 is 22.6 Å². The fraction of sp³-hybridized carbons (Fsp3) is 0.250. The first-order valence-corrected chi connectivity index (χ1v) is 4.54. The number of hydrogen-bond acceptors (Lipinski definition) is 1. The van der Waals surface area contributed by atoms with Crippen molar-refractivity contribution < 1.29 is 22.3 Å². The topological polar surface area (TPSA) is 9.23 Å². The second-order valence-electron chi connectivity index (χ2n) is 2.47. The molecule has 0 fully saturated rings. The van der Waals surface area contributed by atoms with Crippen molar-refractivity contribution in [3.05, 3.63) is 27.1 Å². The van der Waals surface area contributed by atoms with E-state index in [0.717, 1.165) is 6.07 Å². The number of halogens is 5. The Morgan fingerprint density at radius 2 is 1.86 bits per heavy atom. The average molecular weight is 320 g/mol. The van der Waals surface area contributed by atoms with Gasteiger partial charge in [0.1, 0.15) is 0 Å². The van der Waals surface area contributed by atoms with Crippen molar-refractivity contribution in [3.63, 3.8) is 0 Å². The highest BCUT2D eigenvalue weighted by Crippen LogP contribution is 2.34. The SMILES string of the molecule is COc1c(F)cc(C(F)(F)F)cc1I. The van der Waals surface area contributed by atoms with Gasteiger partial charge >= 0.3 is 6.18 Å². The Bertz CT molecular complexity index is 325. The zero-order valence-electron chi connectivity index (χ0n) is 6.95. The van der Waals surface area contributed by atoms with Gasteiger partial charge < -0.3 is 4.74 Å². The Morgan fingerprint density at radius 3 is 2.21 bits per heavy atom. The maximum atomic E-state index is 13.0. The summed E-state index contributed by atoms with van der Waals surface area (Å²) < 4.78 is 54.2. The summed E-state index contributed by atoms with van der Waals surface area (Å²) in [4.78, 5) is 0. The first-order valence-electron chi connectivity index (χ1n) is 3.46. The van der Waals surface area contributed by atoms with Gasteiger partial charge in [-0.2, -0.15) is 13.2 Å². The van der Waals surface area contributed by atoms with Crippen molar-refractivity contribution in [1.29, 1.82) is 0 Å². The first-order chi connectivity index (χ1) is 6.36. The van der Waals surface area contributed by atoms with Gasteiger partial charge in [0, 0.05) is 0 Å². The fourth-order valence-electron chi connectivity index (χ4n) is 0.919. The van der Waals surface area contributed by atoms with Crippen LogP contribution in [0.3, 0.4) is 0 Å². The number of benzene rings is 1. The van der Waals surface area contributed by atoms with Gasteiger partial charge in [-0.05, 0) is 34.7 Å². The van der Waals surface area contributed by atoms with E-state index in [-0.39, 0.29) is 9.32 Å². The first kappa shape index (κ1) is 11.5. The lowest BCUT2D eigenvalue weighted by molar-refractivity contribution is -0.137. The molecule has 0 aliphatic heterocycles. The van der Waals surface area contributed by atoms with E-state index in [1.807, 2.05) is 0 Å². The predicted molar refractivity (Wildman–Crippen MR) is 50.7 cm³/mol. The fourth-order valence-corrected chi connectivity index (χ4v) is 1.73. The molecule has 1 rings (SSSR count). The van der Waals surface area contributed by atoms with E-state index >= 15 is 0 Å². The molecule has 0 saturated carbocycles. The lowest BCUT2D eigenvalue weighted by Crippen LogP contribution is -2.06. The van der Waals surface area contributed by atoms with E-state index in [1.165, 1.54) is 7.11 Å².